The van der Waals surface area contributed by atoms with Gasteiger partial charge in [-0.3, -0.25) is 0 Å². The lowest BCUT2D eigenvalue weighted by Gasteiger charge is -2.21. The highest BCUT2D eigenvalue weighted by Crippen LogP contribution is 1.88. The van der Waals surface area contributed by atoms with E-state index in [9.17, 15) is 4.79 Å². The summed E-state index contributed by atoms with van der Waals surface area (Å²) < 4.78 is 0. The van der Waals surface area contributed by atoms with E-state index >= 15 is 0 Å². The van der Waals surface area contributed by atoms with Gasteiger partial charge in [-0.25, -0.2) is 4.79 Å². The molecular formula is C8H19N3O. The first-order valence-electron chi connectivity index (χ1n) is 4.23. The Morgan fingerprint density at radius 3 is 2.25 bits per heavy atom. The van der Waals surface area contributed by atoms with Crippen molar-refractivity contribution in [3.05, 3.63) is 0 Å². The van der Waals surface area contributed by atoms with E-state index in [1.165, 1.54) is 0 Å². The van der Waals surface area contributed by atoms with Crippen molar-refractivity contribution in [3.63, 3.8) is 0 Å². The summed E-state index contributed by atoms with van der Waals surface area (Å²) in [5, 5.41) is 2.61. The molecule has 0 heterocycles. The molecule has 0 saturated heterocycles. The second kappa shape index (κ2) is 5.83. The molecule has 2 amide bonds. The van der Waals surface area contributed by atoms with E-state index in [0.717, 1.165) is 19.6 Å². The van der Waals surface area contributed by atoms with Crippen LogP contribution in [0.15, 0.2) is 0 Å². The fourth-order valence-electron chi connectivity index (χ4n) is 0.882. The van der Waals surface area contributed by atoms with Gasteiger partial charge in [0.2, 0.25) is 0 Å². The molecule has 4 heteroatoms. The maximum absolute atomic E-state index is 11.2. The Morgan fingerprint density at radius 1 is 1.33 bits per heavy atom. The minimum atomic E-state index is -0.000602. The highest BCUT2D eigenvalue weighted by Gasteiger charge is 2.07. The van der Waals surface area contributed by atoms with Gasteiger partial charge in [0.1, 0.15) is 0 Å². The quantitative estimate of drug-likeness (QED) is 0.659. The zero-order chi connectivity index (χ0) is 9.56. The maximum Gasteiger partial charge on any atom is 0.317 e. The van der Waals surface area contributed by atoms with E-state index < -0.39 is 0 Å². The van der Waals surface area contributed by atoms with Crippen LogP contribution in [-0.2, 0) is 0 Å². The molecular weight excluding hydrogens is 154 g/mol. The molecule has 0 unspecified atom stereocenters. The Kier molecular flexibility index (Phi) is 5.45. The first-order valence-corrected chi connectivity index (χ1v) is 4.23. The van der Waals surface area contributed by atoms with Crippen molar-refractivity contribution in [2.24, 2.45) is 0 Å². The number of hydrogen-bond donors (Lipinski definition) is 1. The van der Waals surface area contributed by atoms with Crippen molar-refractivity contribution in [3.8, 4) is 0 Å². The van der Waals surface area contributed by atoms with E-state index in [2.05, 4.69) is 10.2 Å². The van der Waals surface area contributed by atoms with Crippen molar-refractivity contribution < 1.29 is 4.79 Å². The molecule has 0 bridgehead atoms. The van der Waals surface area contributed by atoms with Crippen LogP contribution in [-0.4, -0.2) is 56.6 Å². The predicted octanol–water partition coefficient (Wildman–Crippen LogP) is 0.209. The van der Waals surface area contributed by atoms with E-state index in [1.807, 2.05) is 21.0 Å². The third-order valence-electron chi connectivity index (χ3n) is 1.70. The predicted molar refractivity (Wildman–Crippen MR) is 50.3 cm³/mol. The zero-order valence-electron chi connectivity index (χ0n) is 8.42. The molecule has 0 aromatic carbocycles. The summed E-state index contributed by atoms with van der Waals surface area (Å²) in [5.41, 5.74) is 0. The molecule has 0 spiro atoms. The molecule has 4 nitrogen and oxygen atoms in total. The van der Waals surface area contributed by atoms with Gasteiger partial charge in [0, 0.05) is 26.7 Å². The summed E-state index contributed by atoms with van der Waals surface area (Å²) in [7, 11) is 5.65. The Hall–Kier alpha value is -0.770. The summed E-state index contributed by atoms with van der Waals surface area (Å²) >= 11 is 0. The topological polar surface area (TPSA) is 35.6 Å². The molecule has 0 aliphatic rings. The van der Waals surface area contributed by atoms with Gasteiger partial charge < -0.3 is 15.1 Å². The van der Waals surface area contributed by atoms with Crippen molar-refractivity contribution in [2.45, 2.75) is 6.92 Å². The summed E-state index contributed by atoms with van der Waals surface area (Å²) in [6, 6.07) is -0.000602. The molecule has 0 aliphatic carbocycles. The molecule has 0 fully saturated rings. The van der Waals surface area contributed by atoms with Crippen LogP contribution in [0.1, 0.15) is 6.92 Å². The highest BCUT2D eigenvalue weighted by molar-refractivity contribution is 5.73. The average molecular weight is 173 g/mol. The second-order valence-electron chi connectivity index (χ2n) is 2.94. The molecule has 0 radical (unpaired) electrons. The summed E-state index contributed by atoms with van der Waals surface area (Å²) in [4.78, 5) is 15.0. The smallest absolute Gasteiger partial charge is 0.317 e. The number of carbonyl (C=O) groups is 1. The molecule has 0 saturated carbocycles. The molecule has 0 aliphatic heterocycles. The summed E-state index contributed by atoms with van der Waals surface area (Å²) in [6.07, 6.45) is 0. The minimum absolute atomic E-state index is 0.000602. The monoisotopic (exact) mass is 173 g/mol. The van der Waals surface area contributed by atoms with Crippen LogP contribution in [0.25, 0.3) is 0 Å². The molecule has 0 rings (SSSR count). The van der Waals surface area contributed by atoms with Crippen LogP contribution in [0, 0.1) is 0 Å². The van der Waals surface area contributed by atoms with Crippen LogP contribution in [0.3, 0.4) is 0 Å². The van der Waals surface area contributed by atoms with Crippen molar-refractivity contribution in [1.82, 2.24) is 15.1 Å². The number of amides is 2. The normalized spacial score (nSPS) is 10.1. The van der Waals surface area contributed by atoms with E-state index in [4.69, 9.17) is 0 Å². The maximum atomic E-state index is 11.2. The van der Waals surface area contributed by atoms with Gasteiger partial charge >= 0.3 is 6.03 Å². The Morgan fingerprint density at radius 2 is 1.92 bits per heavy atom. The zero-order valence-corrected chi connectivity index (χ0v) is 8.42. The highest BCUT2D eigenvalue weighted by atomic mass is 16.2. The minimum Gasteiger partial charge on any atom is -0.341 e. The molecule has 12 heavy (non-hydrogen) atoms. The lowest BCUT2D eigenvalue weighted by atomic mass is 10.5. The third-order valence-corrected chi connectivity index (χ3v) is 1.70. The standard InChI is InChI=1S/C8H19N3O/c1-5-11(8(12)9-2)7-6-10(3)4/h5-7H2,1-4H3,(H,9,12). The van der Waals surface area contributed by atoms with Gasteiger partial charge in [-0.2, -0.15) is 0 Å². The van der Waals surface area contributed by atoms with Crippen LogP contribution >= 0.6 is 0 Å². The van der Waals surface area contributed by atoms with Crippen LogP contribution in [0.2, 0.25) is 0 Å². The fraction of sp³-hybridized carbons (Fsp3) is 0.875. The van der Waals surface area contributed by atoms with Crippen molar-refractivity contribution in [2.75, 3.05) is 40.8 Å². The number of nitrogens with one attached hydrogen (secondary N) is 1. The first-order chi connectivity index (χ1) is 5.61. The third kappa shape index (κ3) is 4.18. The molecule has 72 valence electrons. The number of hydrogen-bond acceptors (Lipinski definition) is 2. The molecule has 0 aromatic heterocycles. The van der Waals surface area contributed by atoms with Crippen molar-refractivity contribution >= 4 is 6.03 Å². The van der Waals surface area contributed by atoms with Gasteiger partial charge in [0.15, 0.2) is 0 Å². The number of urea groups is 1. The Labute approximate surface area is 74.5 Å². The van der Waals surface area contributed by atoms with Crippen LogP contribution < -0.4 is 5.32 Å². The number of carbonyl (C=O) groups excluding carboxylic acids is 1. The van der Waals surface area contributed by atoms with Crippen molar-refractivity contribution in [1.29, 1.82) is 0 Å². The first kappa shape index (κ1) is 11.2. The number of likely N-dealkylation sites (N-methyl/N-ethyl adjacent to an activating group) is 2. The van der Waals surface area contributed by atoms with E-state index in [-0.39, 0.29) is 6.03 Å². The van der Waals surface area contributed by atoms with Gasteiger partial charge in [-0.05, 0) is 21.0 Å². The second-order valence-corrected chi connectivity index (χ2v) is 2.94. The van der Waals surface area contributed by atoms with Gasteiger partial charge in [-0.15, -0.1) is 0 Å². The molecule has 0 atom stereocenters. The van der Waals surface area contributed by atoms with E-state index in [0.29, 0.717) is 0 Å². The molecule has 1 N–H and O–H groups in total. The number of nitrogens with zero attached hydrogens (tertiary/aromatic N) is 2. The Bertz CT molecular complexity index is 136. The SMILES string of the molecule is CCN(CCN(C)C)C(=O)NC. The summed E-state index contributed by atoms with van der Waals surface area (Å²) in [5.74, 6) is 0. The largest absolute Gasteiger partial charge is 0.341 e. The van der Waals surface area contributed by atoms with Gasteiger partial charge in [0.05, 0.1) is 0 Å². The van der Waals surface area contributed by atoms with E-state index in [1.54, 1.807) is 11.9 Å². The van der Waals surface area contributed by atoms with Gasteiger partial charge in [0.25, 0.3) is 0 Å². The lowest BCUT2D eigenvalue weighted by Crippen LogP contribution is -2.41. The van der Waals surface area contributed by atoms with Crippen LogP contribution in [0.5, 0.6) is 0 Å². The van der Waals surface area contributed by atoms with Crippen LogP contribution in [0.4, 0.5) is 4.79 Å². The average Bonchev–Trinajstić information content (AvgIpc) is 2.04. The summed E-state index contributed by atoms with van der Waals surface area (Å²) in [6.45, 7) is 4.42. The lowest BCUT2D eigenvalue weighted by molar-refractivity contribution is 0.197. The number of rotatable bonds is 4. The van der Waals surface area contributed by atoms with Gasteiger partial charge in [-0.1, -0.05) is 0 Å². The molecule has 0 aromatic rings. The Balaban J connectivity index is 3.75. The fourth-order valence-corrected chi connectivity index (χ4v) is 0.882.